The van der Waals surface area contributed by atoms with E-state index in [4.69, 9.17) is 4.74 Å². The number of pyridine rings is 1. The lowest BCUT2D eigenvalue weighted by Gasteiger charge is -2.24. The minimum absolute atomic E-state index is 0.0225. The molecule has 4 atom stereocenters. The van der Waals surface area contributed by atoms with E-state index in [-0.39, 0.29) is 23.5 Å². The van der Waals surface area contributed by atoms with Gasteiger partial charge in [0.1, 0.15) is 18.0 Å². The van der Waals surface area contributed by atoms with Crippen LogP contribution in [-0.4, -0.2) is 56.5 Å². The molecule has 2 aromatic rings. The third-order valence-corrected chi connectivity index (χ3v) is 5.54. The van der Waals surface area contributed by atoms with E-state index in [1.54, 1.807) is 24.3 Å². The van der Waals surface area contributed by atoms with Crippen molar-refractivity contribution in [3.05, 3.63) is 54.1 Å². The standard InChI is InChI=1S/C20H23FN2O4/c21-16-3-1-2-4-19(16)27-15-7-13-10-23(12-20(13,26)8-15)11-18(25)17-6-5-14(24)9-22-17/h1-6,9,13,15,18,24-26H,7-8,10-12H2/t13-,15+,18+,20-/m0/s1. The van der Waals surface area contributed by atoms with Crippen LogP contribution in [0.4, 0.5) is 4.39 Å². The van der Waals surface area contributed by atoms with Crippen LogP contribution in [0.15, 0.2) is 42.6 Å². The quantitative estimate of drug-likeness (QED) is 0.741. The second-order valence-corrected chi connectivity index (χ2v) is 7.56. The molecule has 0 spiro atoms. The predicted molar refractivity (Wildman–Crippen MR) is 95.8 cm³/mol. The number of aromatic nitrogens is 1. The number of β-amino-alcohol motifs (C(OH)–C–C–N with tert-alkyl or cyclic N) is 2. The lowest BCUT2D eigenvalue weighted by Crippen LogP contribution is -2.36. The number of aliphatic hydroxyl groups excluding tert-OH is 1. The Hall–Kier alpha value is -2.22. The summed E-state index contributed by atoms with van der Waals surface area (Å²) < 4.78 is 19.5. The fourth-order valence-electron chi connectivity index (χ4n) is 4.26. The normalized spacial score (nSPS) is 28.9. The third-order valence-electron chi connectivity index (χ3n) is 5.54. The first-order chi connectivity index (χ1) is 12.9. The molecule has 1 aliphatic carbocycles. The molecule has 1 aromatic heterocycles. The lowest BCUT2D eigenvalue weighted by atomic mass is 9.95. The van der Waals surface area contributed by atoms with Gasteiger partial charge in [0.05, 0.1) is 17.5 Å². The number of hydrogen-bond donors (Lipinski definition) is 3. The molecule has 1 aromatic carbocycles. The average molecular weight is 374 g/mol. The SMILES string of the molecule is Oc1ccc([C@H](O)CN2C[C@@H]3C[C@@H](Oc4ccccc4F)C[C@]3(O)C2)nc1. The second kappa shape index (κ2) is 7.07. The molecule has 0 unspecified atom stereocenters. The average Bonchev–Trinajstić information content (AvgIpc) is 3.07. The highest BCUT2D eigenvalue weighted by atomic mass is 19.1. The Kier molecular flexibility index (Phi) is 4.75. The first-order valence-electron chi connectivity index (χ1n) is 9.12. The predicted octanol–water partition coefficient (Wildman–Crippen LogP) is 1.86. The largest absolute Gasteiger partial charge is 0.506 e. The fraction of sp³-hybridized carbons (Fsp3) is 0.450. The molecule has 1 aliphatic heterocycles. The van der Waals surface area contributed by atoms with Gasteiger partial charge in [-0.15, -0.1) is 0 Å². The van der Waals surface area contributed by atoms with Crippen molar-refractivity contribution in [1.29, 1.82) is 0 Å². The number of para-hydroxylation sites is 1. The molecular weight excluding hydrogens is 351 g/mol. The van der Waals surface area contributed by atoms with Gasteiger partial charge < -0.3 is 20.1 Å². The van der Waals surface area contributed by atoms with Gasteiger partial charge in [0.15, 0.2) is 11.6 Å². The topological polar surface area (TPSA) is 86.1 Å². The molecule has 3 N–H and O–H groups in total. The summed E-state index contributed by atoms with van der Waals surface area (Å²) in [6.45, 7) is 1.43. The zero-order valence-electron chi connectivity index (χ0n) is 14.8. The maximum absolute atomic E-state index is 13.8. The van der Waals surface area contributed by atoms with E-state index in [1.807, 2.05) is 4.90 Å². The van der Waals surface area contributed by atoms with Crippen LogP contribution in [-0.2, 0) is 0 Å². The van der Waals surface area contributed by atoms with Crippen LogP contribution in [0, 0.1) is 11.7 Å². The Labute approximate surface area is 156 Å². The molecule has 27 heavy (non-hydrogen) atoms. The summed E-state index contributed by atoms with van der Waals surface area (Å²) in [5.74, 6) is -0.101. The number of ether oxygens (including phenoxy) is 1. The van der Waals surface area contributed by atoms with Crippen molar-refractivity contribution >= 4 is 0 Å². The number of hydrogen-bond acceptors (Lipinski definition) is 6. The zero-order valence-corrected chi connectivity index (χ0v) is 14.8. The molecule has 0 amide bonds. The van der Waals surface area contributed by atoms with Crippen molar-refractivity contribution in [3.8, 4) is 11.5 Å². The van der Waals surface area contributed by atoms with Gasteiger partial charge in [-0.3, -0.25) is 9.88 Å². The number of benzene rings is 1. The molecule has 6 nitrogen and oxygen atoms in total. The van der Waals surface area contributed by atoms with Crippen molar-refractivity contribution in [3.63, 3.8) is 0 Å². The second-order valence-electron chi connectivity index (χ2n) is 7.56. The molecule has 1 saturated heterocycles. The number of fused-ring (bicyclic) bond motifs is 1. The van der Waals surface area contributed by atoms with Gasteiger partial charge in [-0.25, -0.2) is 4.39 Å². The van der Waals surface area contributed by atoms with Gasteiger partial charge in [-0.2, -0.15) is 0 Å². The van der Waals surface area contributed by atoms with E-state index < -0.39 is 17.5 Å². The van der Waals surface area contributed by atoms with Crippen molar-refractivity contribution in [2.24, 2.45) is 5.92 Å². The Balaban J connectivity index is 1.35. The maximum Gasteiger partial charge on any atom is 0.165 e. The molecule has 0 bridgehead atoms. The van der Waals surface area contributed by atoms with Gasteiger partial charge in [0.25, 0.3) is 0 Å². The van der Waals surface area contributed by atoms with Gasteiger partial charge >= 0.3 is 0 Å². The number of rotatable bonds is 5. The fourth-order valence-corrected chi connectivity index (χ4v) is 4.26. The van der Waals surface area contributed by atoms with E-state index in [0.717, 1.165) is 0 Å². The van der Waals surface area contributed by atoms with Crippen LogP contribution < -0.4 is 4.74 Å². The van der Waals surface area contributed by atoms with E-state index in [1.165, 1.54) is 18.3 Å². The summed E-state index contributed by atoms with van der Waals surface area (Å²) in [4.78, 5) is 6.05. The number of aromatic hydroxyl groups is 1. The van der Waals surface area contributed by atoms with Gasteiger partial charge in [0, 0.05) is 32.0 Å². The summed E-state index contributed by atoms with van der Waals surface area (Å²) in [7, 11) is 0. The highest BCUT2D eigenvalue weighted by Crippen LogP contribution is 2.43. The number of halogens is 1. The molecule has 4 rings (SSSR count). The minimum Gasteiger partial charge on any atom is -0.506 e. The van der Waals surface area contributed by atoms with Gasteiger partial charge in [0.2, 0.25) is 0 Å². The van der Waals surface area contributed by atoms with E-state index >= 15 is 0 Å². The molecule has 7 heteroatoms. The van der Waals surface area contributed by atoms with Crippen LogP contribution in [0.25, 0.3) is 0 Å². The number of aliphatic hydroxyl groups is 2. The van der Waals surface area contributed by atoms with Crippen LogP contribution >= 0.6 is 0 Å². The maximum atomic E-state index is 13.8. The Morgan fingerprint density at radius 1 is 1.30 bits per heavy atom. The molecule has 0 radical (unpaired) electrons. The summed E-state index contributed by atoms with van der Waals surface area (Å²) in [6, 6.07) is 9.38. The Bertz CT molecular complexity index is 803. The molecular formula is C20H23FN2O4. The van der Waals surface area contributed by atoms with E-state index in [0.29, 0.717) is 38.2 Å². The van der Waals surface area contributed by atoms with Crippen LogP contribution in [0.1, 0.15) is 24.6 Å². The minimum atomic E-state index is -0.891. The van der Waals surface area contributed by atoms with Crippen LogP contribution in [0.2, 0.25) is 0 Å². The van der Waals surface area contributed by atoms with Crippen molar-refractivity contribution < 1.29 is 24.4 Å². The Morgan fingerprint density at radius 3 is 2.81 bits per heavy atom. The van der Waals surface area contributed by atoms with Crippen molar-refractivity contribution in [2.45, 2.75) is 30.7 Å². The monoisotopic (exact) mass is 374 g/mol. The summed E-state index contributed by atoms with van der Waals surface area (Å²) in [6.07, 6.45) is 1.38. The molecule has 2 heterocycles. The molecule has 2 fully saturated rings. The van der Waals surface area contributed by atoms with E-state index in [9.17, 15) is 19.7 Å². The number of nitrogens with zero attached hydrogens (tertiary/aromatic N) is 2. The van der Waals surface area contributed by atoms with Gasteiger partial charge in [-0.05, 0) is 30.7 Å². The van der Waals surface area contributed by atoms with Gasteiger partial charge in [-0.1, -0.05) is 12.1 Å². The molecule has 144 valence electrons. The van der Waals surface area contributed by atoms with Crippen LogP contribution in [0.3, 0.4) is 0 Å². The zero-order chi connectivity index (χ0) is 19.0. The summed E-state index contributed by atoms with van der Waals surface area (Å²) >= 11 is 0. The third kappa shape index (κ3) is 3.76. The van der Waals surface area contributed by atoms with Crippen molar-refractivity contribution in [2.75, 3.05) is 19.6 Å². The number of likely N-dealkylation sites (tertiary alicyclic amines) is 1. The first-order valence-corrected chi connectivity index (χ1v) is 9.12. The first kappa shape index (κ1) is 18.2. The smallest absolute Gasteiger partial charge is 0.165 e. The summed E-state index contributed by atoms with van der Waals surface area (Å²) in [5, 5.41) is 30.6. The molecule has 1 saturated carbocycles. The highest BCUT2D eigenvalue weighted by Gasteiger charge is 2.52. The van der Waals surface area contributed by atoms with Crippen LogP contribution in [0.5, 0.6) is 11.5 Å². The highest BCUT2D eigenvalue weighted by molar-refractivity contribution is 5.24. The van der Waals surface area contributed by atoms with E-state index in [2.05, 4.69) is 4.98 Å². The molecule has 2 aliphatic rings. The lowest BCUT2D eigenvalue weighted by molar-refractivity contribution is 0.0174. The van der Waals surface area contributed by atoms with Crippen molar-refractivity contribution in [1.82, 2.24) is 9.88 Å². The Morgan fingerprint density at radius 2 is 2.11 bits per heavy atom. The summed E-state index contributed by atoms with van der Waals surface area (Å²) in [5.41, 5.74) is -0.407.